The van der Waals surface area contributed by atoms with E-state index in [4.69, 9.17) is 0 Å². The molecule has 2 aliphatic rings. The van der Waals surface area contributed by atoms with E-state index in [-0.39, 0.29) is 23.9 Å². The highest BCUT2D eigenvalue weighted by Crippen LogP contribution is 2.26. The van der Waals surface area contributed by atoms with Gasteiger partial charge in [-0.05, 0) is 18.6 Å². The molecule has 1 aromatic heterocycles. The maximum atomic E-state index is 12.2. The molecule has 5 heteroatoms. The Balaban J connectivity index is 1.82. The molecular weight excluding hydrogens is 218 g/mol. The standard InChI is InChI=1S/C12H13N3O2/c16-11-6-10-9(14-11)3-5-15(10)12(17)8-2-1-4-13-7-8/h1-2,4,7,9-10H,3,5-6H2,(H,14,16)/t9-,10-/m0/s1. The fourth-order valence-electron chi connectivity index (χ4n) is 2.64. The van der Waals surface area contributed by atoms with Crippen molar-refractivity contribution >= 4 is 11.8 Å². The van der Waals surface area contributed by atoms with Crippen LogP contribution in [0.1, 0.15) is 23.2 Å². The van der Waals surface area contributed by atoms with Gasteiger partial charge in [-0.15, -0.1) is 0 Å². The van der Waals surface area contributed by atoms with Crippen LogP contribution in [0.4, 0.5) is 0 Å². The van der Waals surface area contributed by atoms with Gasteiger partial charge in [-0.2, -0.15) is 0 Å². The first-order valence-corrected chi connectivity index (χ1v) is 5.76. The van der Waals surface area contributed by atoms with Gasteiger partial charge in [0.25, 0.3) is 5.91 Å². The number of rotatable bonds is 1. The van der Waals surface area contributed by atoms with Gasteiger partial charge in [-0.1, -0.05) is 0 Å². The lowest BCUT2D eigenvalue weighted by Gasteiger charge is -2.22. The fourth-order valence-corrected chi connectivity index (χ4v) is 2.64. The van der Waals surface area contributed by atoms with Crippen LogP contribution in [0.2, 0.25) is 0 Å². The Kier molecular flexibility index (Phi) is 2.31. The van der Waals surface area contributed by atoms with Crippen LogP contribution in [0.15, 0.2) is 24.5 Å². The van der Waals surface area contributed by atoms with E-state index in [9.17, 15) is 9.59 Å². The smallest absolute Gasteiger partial charge is 0.255 e. The third-order valence-corrected chi connectivity index (χ3v) is 3.46. The van der Waals surface area contributed by atoms with Crippen LogP contribution >= 0.6 is 0 Å². The number of hydrogen-bond acceptors (Lipinski definition) is 3. The first kappa shape index (κ1) is 10.3. The number of nitrogens with one attached hydrogen (secondary N) is 1. The van der Waals surface area contributed by atoms with Crippen LogP contribution in [0.5, 0.6) is 0 Å². The Morgan fingerprint density at radius 3 is 3.18 bits per heavy atom. The number of carbonyl (C=O) groups is 2. The molecule has 17 heavy (non-hydrogen) atoms. The molecule has 2 aliphatic heterocycles. The van der Waals surface area contributed by atoms with E-state index in [1.54, 1.807) is 29.4 Å². The second kappa shape index (κ2) is 3.84. The molecule has 1 aromatic rings. The minimum Gasteiger partial charge on any atom is -0.351 e. The van der Waals surface area contributed by atoms with Crippen LogP contribution in [0, 0.1) is 0 Å². The Morgan fingerprint density at radius 1 is 1.53 bits per heavy atom. The van der Waals surface area contributed by atoms with Gasteiger partial charge in [0.15, 0.2) is 0 Å². The molecule has 5 nitrogen and oxygen atoms in total. The number of fused-ring (bicyclic) bond motifs is 1. The topological polar surface area (TPSA) is 62.3 Å². The summed E-state index contributed by atoms with van der Waals surface area (Å²) in [6.07, 6.45) is 4.49. The van der Waals surface area contributed by atoms with Crippen molar-refractivity contribution in [3.05, 3.63) is 30.1 Å². The fraction of sp³-hybridized carbons (Fsp3) is 0.417. The van der Waals surface area contributed by atoms with Crippen molar-refractivity contribution in [1.82, 2.24) is 15.2 Å². The zero-order valence-corrected chi connectivity index (χ0v) is 9.30. The van der Waals surface area contributed by atoms with Gasteiger partial charge in [-0.25, -0.2) is 0 Å². The van der Waals surface area contributed by atoms with Crippen LogP contribution < -0.4 is 5.32 Å². The van der Waals surface area contributed by atoms with E-state index in [2.05, 4.69) is 10.3 Å². The van der Waals surface area contributed by atoms with Crippen LogP contribution in [0.25, 0.3) is 0 Å². The maximum Gasteiger partial charge on any atom is 0.255 e. The summed E-state index contributed by atoms with van der Waals surface area (Å²) in [4.78, 5) is 29.3. The zero-order chi connectivity index (χ0) is 11.8. The molecule has 88 valence electrons. The highest BCUT2D eigenvalue weighted by atomic mass is 16.2. The van der Waals surface area contributed by atoms with Crippen LogP contribution in [-0.2, 0) is 4.79 Å². The number of carbonyl (C=O) groups excluding carboxylic acids is 2. The molecule has 0 aliphatic carbocycles. The predicted octanol–water partition coefficient (Wildman–Crippen LogP) is 0.185. The lowest BCUT2D eigenvalue weighted by molar-refractivity contribution is -0.119. The Labute approximate surface area is 98.8 Å². The number of amides is 2. The van der Waals surface area contributed by atoms with Gasteiger partial charge in [0.1, 0.15) is 0 Å². The molecule has 2 amide bonds. The largest absolute Gasteiger partial charge is 0.351 e. The van der Waals surface area contributed by atoms with Gasteiger partial charge in [0.2, 0.25) is 5.91 Å². The quantitative estimate of drug-likeness (QED) is 0.750. The van der Waals surface area contributed by atoms with Gasteiger partial charge in [0.05, 0.1) is 17.6 Å². The lowest BCUT2D eigenvalue weighted by atomic mass is 10.1. The number of hydrogen-bond donors (Lipinski definition) is 1. The molecule has 1 N–H and O–H groups in total. The lowest BCUT2D eigenvalue weighted by Crippen LogP contribution is -2.38. The Morgan fingerprint density at radius 2 is 2.41 bits per heavy atom. The monoisotopic (exact) mass is 231 g/mol. The molecule has 0 radical (unpaired) electrons. The van der Waals surface area contributed by atoms with Crippen molar-refractivity contribution < 1.29 is 9.59 Å². The normalized spacial score (nSPS) is 26.8. The molecular formula is C12H13N3O2. The molecule has 2 atom stereocenters. The van der Waals surface area contributed by atoms with Crippen molar-refractivity contribution in [2.75, 3.05) is 6.54 Å². The summed E-state index contributed by atoms with van der Waals surface area (Å²) < 4.78 is 0. The number of pyridine rings is 1. The average molecular weight is 231 g/mol. The van der Waals surface area contributed by atoms with Crippen molar-refractivity contribution in [2.45, 2.75) is 24.9 Å². The summed E-state index contributed by atoms with van der Waals surface area (Å²) >= 11 is 0. The summed E-state index contributed by atoms with van der Waals surface area (Å²) in [5, 5.41) is 2.90. The van der Waals surface area contributed by atoms with E-state index >= 15 is 0 Å². The molecule has 0 aromatic carbocycles. The molecule has 0 unspecified atom stereocenters. The number of nitrogens with zero attached hydrogens (tertiary/aromatic N) is 2. The van der Waals surface area contributed by atoms with E-state index < -0.39 is 0 Å². The van der Waals surface area contributed by atoms with Gasteiger partial charge in [-0.3, -0.25) is 14.6 Å². The summed E-state index contributed by atoms with van der Waals surface area (Å²) in [6, 6.07) is 3.67. The molecule has 0 saturated carbocycles. The van der Waals surface area contributed by atoms with Crippen molar-refractivity contribution in [3.8, 4) is 0 Å². The number of aromatic nitrogens is 1. The van der Waals surface area contributed by atoms with Crippen molar-refractivity contribution in [3.63, 3.8) is 0 Å². The highest BCUT2D eigenvalue weighted by Gasteiger charge is 2.43. The Hall–Kier alpha value is -1.91. The van der Waals surface area contributed by atoms with Gasteiger partial charge in [0, 0.05) is 25.4 Å². The van der Waals surface area contributed by atoms with Crippen LogP contribution in [-0.4, -0.2) is 40.3 Å². The average Bonchev–Trinajstić information content (AvgIpc) is 2.88. The summed E-state index contributed by atoms with van der Waals surface area (Å²) in [7, 11) is 0. The van der Waals surface area contributed by atoms with Crippen molar-refractivity contribution in [2.24, 2.45) is 0 Å². The predicted molar refractivity (Wildman–Crippen MR) is 60.2 cm³/mol. The molecule has 3 rings (SSSR count). The summed E-state index contributed by atoms with van der Waals surface area (Å²) in [5.74, 6) is 0.0192. The third-order valence-electron chi connectivity index (χ3n) is 3.46. The summed E-state index contributed by atoms with van der Waals surface area (Å²) in [5.41, 5.74) is 0.590. The molecule has 2 fully saturated rings. The second-order valence-electron chi connectivity index (χ2n) is 4.47. The zero-order valence-electron chi connectivity index (χ0n) is 9.30. The first-order chi connectivity index (χ1) is 8.25. The molecule has 3 heterocycles. The minimum absolute atomic E-state index is 0.0233. The van der Waals surface area contributed by atoms with E-state index in [0.717, 1.165) is 6.42 Å². The van der Waals surface area contributed by atoms with Crippen LogP contribution in [0.3, 0.4) is 0 Å². The van der Waals surface area contributed by atoms with Gasteiger partial charge < -0.3 is 10.2 Å². The van der Waals surface area contributed by atoms with E-state index in [1.807, 2.05) is 0 Å². The van der Waals surface area contributed by atoms with E-state index in [0.29, 0.717) is 18.5 Å². The minimum atomic E-state index is -0.0258. The molecule has 2 saturated heterocycles. The maximum absolute atomic E-state index is 12.2. The summed E-state index contributed by atoms with van der Waals surface area (Å²) in [6.45, 7) is 0.712. The number of likely N-dealkylation sites (tertiary alicyclic amines) is 1. The SMILES string of the molecule is O=C1C[C@H]2[C@H](CCN2C(=O)c2cccnc2)N1. The third kappa shape index (κ3) is 1.67. The van der Waals surface area contributed by atoms with E-state index in [1.165, 1.54) is 0 Å². The molecule has 0 bridgehead atoms. The van der Waals surface area contributed by atoms with Crippen molar-refractivity contribution in [1.29, 1.82) is 0 Å². The highest BCUT2D eigenvalue weighted by molar-refractivity contribution is 5.95. The second-order valence-corrected chi connectivity index (χ2v) is 4.47. The Bertz CT molecular complexity index is 460. The first-order valence-electron chi connectivity index (χ1n) is 5.76. The molecule has 0 spiro atoms. The van der Waals surface area contributed by atoms with Gasteiger partial charge >= 0.3 is 0 Å².